The van der Waals surface area contributed by atoms with Gasteiger partial charge in [0.25, 0.3) is 11.8 Å². The van der Waals surface area contributed by atoms with Gasteiger partial charge in [-0.2, -0.15) is 0 Å². The third-order valence-corrected chi connectivity index (χ3v) is 11.0. The summed E-state index contributed by atoms with van der Waals surface area (Å²) in [5, 5.41) is 5.12. The van der Waals surface area contributed by atoms with Gasteiger partial charge >= 0.3 is 0 Å². The first-order chi connectivity index (χ1) is 26.0. The lowest BCUT2D eigenvalue weighted by atomic mass is 9.90. The van der Waals surface area contributed by atoms with Gasteiger partial charge in [0.2, 0.25) is 11.8 Å². The summed E-state index contributed by atoms with van der Waals surface area (Å²) in [6, 6.07) is 13.8. The molecule has 4 amide bonds. The average molecular weight is 808 g/mol. The molecule has 7 rings (SSSR count). The number of carbonyl (C=O) groups is 4. The van der Waals surface area contributed by atoms with E-state index in [1.165, 1.54) is 24.5 Å². The molecule has 0 radical (unpaired) electrons. The van der Waals surface area contributed by atoms with E-state index < -0.39 is 24.1 Å². The normalized spacial score (nSPS) is 18.6. The minimum absolute atomic E-state index is 0.00502. The van der Waals surface area contributed by atoms with E-state index in [0.717, 1.165) is 56.8 Å². The lowest BCUT2D eigenvalue weighted by Gasteiger charge is -2.39. The van der Waals surface area contributed by atoms with Crippen molar-refractivity contribution in [2.24, 2.45) is 13.0 Å². The zero-order chi connectivity index (χ0) is 37.9. The molecule has 16 heteroatoms. The van der Waals surface area contributed by atoms with Crippen LogP contribution >= 0.6 is 15.9 Å². The first-order valence-corrected chi connectivity index (χ1v) is 18.8. The van der Waals surface area contributed by atoms with Gasteiger partial charge in [-0.25, -0.2) is 19.2 Å². The molecule has 0 saturated carbocycles. The van der Waals surface area contributed by atoms with E-state index in [0.29, 0.717) is 41.8 Å². The second-order valence-corrected chi connectivity index (χ2v) is 14.9. The van der Waals surface area contributed by atoms with Crippen LogP contribution in [0.3, 0.4) is 0 Å². The van der Waals surface area contributed by atoms with Crippen molar-refractivity contribution < 1.29 is 32.8 Å². The van der Waals surface area contributed by atoms with Crippen LogP contribution < -0.4 is 21.0 Å². The van der Waals surface area contributed by atoms with Crippen LogP contribution in [0.15, 0.2) is 59.3 Å². The van der Waals surface area contributed by atoms with E-state index in [4.69, 9.17) is 4.84 Å². The Hall–Kier alpha value is -4.93. The number of piperidine rings is 2. The molecule has 3 saturated heterocycles. The lowest BCUT2D eigenvalue weighted by molar-refractivity contribution is -0.140. The Kier molecular flexibility index (Phi) is 11.2. The number of carbonyl (C=O) groups excluding carboxylic acids is 4. The molecule has 13 nitrogen and oxygen atoms in total. The molecule has 3 fully saturated rings. The maximum Gasteiger partial charge on any atom is 0.277 e. The molecule has 1 atom stereocenters. The van der Waals surface area contributed by atoms with Gasteiger partial charge in [0, 0.05) is 69.4 Å². The van der Waals surface area contributed by atoms with E-state index >= 15 is 4.39 Å². The van der Waals surface area contributed by atoms with Crippen LogP contribution in [0.25, 0.3) is 11.0 Å². The molecule has 4 aromatic rings. The molecule has 3 aromatic carbocycles. The Bertz CT molecular complexity index is 2060. The maximum atomic E-state index is 15.7. The van der Waals surface area contributed by atoms with Crippen LogP contribution in [0.4, 0.5) is 25.8 Å². The smallest absolute Gasteiger partial charge is 0.277 e. The van der Waals surface area contributed by atoms with Crippen LogP contribution in [0.1, 0.15) is 47.5 Å². The van der Waals surface area contributed by atoms with Crippen LogP contribution in [0, 0.1) is 17.6 Å². The highest BCUT2D eigenvalue weighted by atomic mass is 79.9. The molecule has 0 unspecified atom stereocenters. The SMILES string of the molecule is Cn1cnc2c(F)c(Nc3ccc(Br)cc3F)c(C(=O)NOCC(=O)N3CCN(CC4CCN(c5ccc([C@@H]6CCC(=O)NC6=O)cc5)CC4)CC3)cc21. The van der Waals surface area contributed by atoms with Crippen molar-refractivity contribution in [1.82, 2.24) is 30.1 Å². The monoisotopic (exact) mass is 806 g/mol. The first kappa shape index (κ1) is 37.4. The number of nitrogens with zero attached hydrogens (tertiary/aromatic N) is 5. The minimum Gasteiger partial charge on any atom is -0.372 e. The number of imide groups is 1. The third kappa shape index (κ3) is 8.25. The van der Waals surface area contributed by atoms with Gasteiger partial charge in [-0.1, -0.05) is 28.1 Å². The second-order valence-electron chi connectivity index (χ2n) is 14.0. The number of halogens is 3. The minimum atomic E-state index is -0.835. The Morgan fingerprint density at radius 3 is 2.43 bits per heavy atom. The van der Waals surface area contributed by atoms with E-state index in [1.807, 2.05) is 12.1 Å². The van der Waals surface area contributed by atoms with E-state index in [1.54, 1.807) is 22.6 Å². The molecule has 3 aliphatic rings. The first-order valence-electron chi connectivity index (χ1n) is 18.0. The number of rotatable bonds is 10. The Morgan fingerprint density at radius 2 is 1.72 bits per heavy atom. The van der Waals surface area contributed by atoms with Crippen molar-refractivity contribution in [2.45, 2.75) is 31.6 Å². The molecular formula is C38H41BrF2N8O5. The predicted molar refractivity (Wildman–Crippen MR) is 201 cm³/mol. The predicted octanol–water partition coefficient (Wildman–Crippen LogP) is 4.60. The highest BCUT2D eigenvalue weighted by Crippen LogP contribution is 2.33. The molecule has 1 aromatic heterocycles. The molecular weight excluding hydrogens is 766 g/mol. The van der Waals surface area contributed by atoms with Crippen molar-refractivity contribution in [1.29, 1.82) is 0 Å². The number of hydrogen-bond donors (Lipinski definition) is 3. The molecule has 54 heavy (non-hydrogen) atoms. The number of amides is 4. The zero-order valence-electron chi connectivity index (χ0n) is 29.7. The van der Waals surface area contributed by atoms with Crippen molar-refractivity contribution in [3.8, 4) is 0 Å². The van der Waals surface area contributed by atoms with Crippen LogP contribution in [0.5, 0.6) is 0 Å². The summed E-state index contributed by atoms with van der Waals surface area (Å²) < 4.78 is 32.4. The van der Waals surface area contributed by atoms with Crippen LogP contribution in [-0.4, -0.2) is 95.4 Å². The Balaban J connectivity index is 0.860. The highest BCUT2D eigenvalue weighted by Gasteiger charge is 2.29. The molecule has 0 aliphatic carbocycles. The number of anilines is 3. The molecule has 3 N–H and O–H groups in total. The van der Waals surface area contributed by atoms with E-state index in [-0.39, 0.29) is 46.1 Å². The number of piperazine rings is 1. The molecule has 0 bridgehead atoms. The summed E-state index contributed by atoms with van der Waals surface area (Å²) >= 11 is 3.20. The summed E-state index contributed by atoms with van der Waals surface area (Å²) in [6.07, 6.45) is 4.41. The van der Waals surface area contributed by atoms with Gasteiger partial charge in [-0.3, -0.25) is 34.2 Å². The van der Waals surface area contributed by atoms with Crippen molar-refractivity contribution >= 4 is 67.7 Å². The Morgan fingerprint density at radius 1 is 0.981 bits per heavy atom. The van der Waals surface area contributed by atoms with Gasteiger partial charge in [-0.15, -0.1) is 0 Å². The number of hydrogen-bond acceptors (Lipinski definition) is 9. The molecule has 3 aliphatic heterocycles. The van der Waals surface area contributed by atoms with Crippen molar-refractivity contribution in [2.75, 3.05) is 62.6 Å². The molecule has 4 heterocycles. The number of aromatic nitrogens is 2. The van der Waals surface area contributed by atoms with Gasteiger partial charge in [0.05, 0.1) is 34.7 Å². The molecule has 0 spiro atoms. The van der Waals surface area contributed by atoms with Gasteiger partial charge in [-0.05, 0) is 67.1 Å². The Labute approximate surface area is 319 Å². The maximum absolute atomic E-state index is 15.7. The number of nitrogens with one attached hydrogen (secondary N) is 3. The summed E-state index contributed by atoms with van der Waals surface area (Å²) in [4.78, 5) is 65.9. The van der Waals surface area contributed by atoms with Crippen LogP contribution in [0.2, 0.25) is 0 Å². The van der Waals surface area contributed by atoms with Crippen LogP contribution in [-0.2, 0) is 26.3 Å². The fourth-order valence-corrected chi connectivity index (χ4v) is 7.74. The van der Waals surface area contributed by atoms with Gasteiger partial charge < -0.3 is 19.7 Å². The summed E-state index contributed by atoms with van der Waals surface area (Å²) in [5.41, 5.74) is 4.19. The number of aryl methyl sites for hydroxylation is 1. The van der Waals surface area contributed by atoms with Crippen molar-refractivity contribution in [3.63, 3.8) is 0 Å². The van der Waals surface area contributed by atoms with Crippen molar-refractivity contribution in [3.05, 3.63) is 82.1 Å². The fraction of sp³-hybridized carbons (Fsp3) is 0.395. The quantitative estimate of drug-likeness (QED) is 0.155. The van der Waals surface area contributed by atoms with Gasteiger partial charge in [0.15, 0.2) is 12.4 Å². The second kappa shape index (κ2) is 16.2. The van der Waals surface area contributed by atoms with E-state index in [9.17, 15) is 23.6 Å². The highest BCUT2D eigenvalue weighted by molar-refractivity contribution is 9.10. The largest absolute Gasteiger partial charge is 0.372 e. The standard InChI is InChI=1S/C38H41BrF2N8O5/c1-46-22-42-36-31(46)19-28(35(34(36)41)43-30-8-4-25(39)18-29(30)40)38(53)45-54-21-33(51)49-16-14-47(15-17-49)20-23-10-12-48(13-11-23)26-5-2-24(3-6-26)27-7-9-32(50)44-37(27)52/h2-6,8,18-19,22-23,27,43H,7,9-17,20-21H2,1H3,(H,45,53)(H,44,50,52)/t27-/m0/s1. The van der Waals surface area contributed by atoms with E-state index in [2.05, 4.69) is 59.0 Å². The number of hydroxylamine groups is 1. The average Bonchev–Trinajstić information content (AvgIpc) is 3.54. The topological polar surface area (TPSA) is 141 Å². The zero-order valence-corrected chi connectivity index (χ0v) is 31.3. The molecule has 284 valence electrons. The lowest BCUT2D eigenvalue weighted by Crippen LogP contribution is -2.51. The summed E-state index contributed by atoms with van der Waals surface area (Å²) in [5.74, 6) is -2.77. The summed E-state index contributed by atoms with van der Waals surface area (Å²) in [7, 11) is 1.66. The van der Waals surface area contributed by atoms with Gasteiger partial charge in [0.1, 0.15) is 11.3 Å². The number of imidazole rings is 1. The fourth-order valence-electron chi connectivity index (χ4n) is 7.41. The number of benzene rings is 3. The number of fused-ring (bicyclic) bond motifs is 1. The summed E-state index contributed by atoms with van der Waals surface area (Å²) in [6.45, 7) is 4.94. The third-order valence-electron chi connectivity index (χ3n) is 10.5.